The van der Waals surface area contributed by atoms with Crippen LogP contribution in [0.2, 0.25) is 0 Å². The summed E-state index contributed by atoms with van der Waals surface area (Å²) in [5.74, 6) is 3.53. The Kier molecular flexibility index (Phi) is 6.23. The van der Waals surface area contributed by atoms with Crippen LogP contribution in [-0.4, -0.2) is 71.9 Å². The van der Waals surface area contributed by atoms with Crippen LogP contribution in [0.15, 0.2) is 18.3 Å². The number of likely N-dealkylation sites (tertiary alicyclic amines) is 1. The van der Waals surface area contributed by atoms with E-state index in [0.29, 0.717) is 12.5 Å². The molecule has 6 aliphatic rings. The van der Waals surface area contributed by atoms with Crippen LogP contribution < -0.4 is 10.2 Å². The Bertz CT molecular complexity index is 904. The van der Waals surface area contributed by atoms with Gasteiger partial charge in [-0.15, -0.1) is 0 Å². The van der Waals surface area contributed by atoms with Crippen LogP contribution in [0.25, 0.3) is 0 Å². The average Bonchev–Trinajstić information content (AvgIpc) is 3.36. The molecule has 0 aromatic carbocycles. The van der Waals surface area contributed by atoms with Crippen LogP contribution in [0.1, 0.15) is 63.9 Å². The van der Waals surface area contributed by atoms with Gasteiger partial charge in [0.15, 0.2) is 0 Å². The Morgan fingerprint density at radius 3 is 2.29 bits per heavy atom. The number of carbonyl (C=O) groups excluding carboxylic acids is 2. The minimum atomic E-state index is -0.308. The molecule has 1 aromatic heterocycles. The lowest BCUT2D eigenvalue weighted by molar-refractivity contribution is -0.160. The summed E-state index contributed by atoms with van der Waals surface area (Å²) in [5.41, 5.74) is 0.839. The maximum absolute atomic E-state index is 13.8. The molecule has 4 aliphatic carbocycles. The van der Waals surface area contributed by atoms with Crippen LogP contribution in [-0.2, 0) is 16.1 Å². The fourth-order valence-corrected chi connectivity index (χ4v) is 8.27. The van der Waals surface area contributed by atoms with Crippen LogP contribution in [0.4, 0.5) is 5.82 Å². The van der Waals surface area contributed by atoms with E-state index in [1.165, 1.54) is 19.3 Å². The van der Waals surface area contributed by atoms with Crippen molar-refractivity contribution in [2.75, 3.05) is 44.2 Å². The van der Waals surface area contributed by atoms with E-state index in [-0.39, 0.29) is 17.4 Å². The lowest BCUT2D eigenvalue weighted by Gasteiger charge is -2.56. The van der Waals surface area contributed by atoms with Gasteiger partial charge in [0.25, 0.3) is 0 Å². The highest BCUT2D eigenvalue weighted by molar-refractivity contribution is 5.91. The summed E-state index contributed by atoms with van der Waals surface area (Å²) in [6.45, 7) is 8.68. The Balaban J connectivity index is 1.05. The number of rotatable bonds is 6. The molecule has 3 heterocycles. The molecule has 7 nitrogen and oxygen atoms in total. The molecule has 4 saturated carbocycles. The zero-order valence-corrected chi connectivity index (χ0v) is 21.3. The first-order valence-corrected chi connectivity index (χ1v) is 14.0. The number of hydrogen-bond acceptors (Lipinski definition) is 5. The molecule has 1 unspecified atom stereocenters. The van der Waals surface area contributed by atoms with E-state index >= 15 is 0 Å². The predicted molar refractivity (Wildman–Crippen MR) is 136 cm³/mol. The van der Waals surface area contributed by atoms with Gasteiger partial charge in [-0.1, -0.05) is 13.0 Å². The van der Waals surface area contributed by atoms with Crippen molar-refractivity contribution in [1.82, 2.24) is 20.1 Å². The fraction of sp³-hybridized carbons (Fsp3) is 0.750. The number of aromatic nitrogens is 1. The molecule has 2 saturated heterocycles. The number of likely N-dealkylation sites (N-methyl/N-ethyl adjacent to an activating group) is 1. The number of carbonyl (C=O) groups is 2. The third kappa shape index (κ3) is 4.45. The summed E-state index contributed by atoms with van der Waals surface area (Å²) in [6.07, 6.45) is 10.8. The SMILES string of the molecule is CCN1CCN(c2ccc(CNC(=O)C3CCCN3C(=O)C34CC5CC(CC(C5)C3)C4)cn2)CC1. The van der Waals surface area contributed by atoms with Gasteiger partial charge >= 0.3 is 0 Å². The molecule has 2 aliphatic heterocycles. The van der Waals surface area contributed by atoms with Crippen LogP contribution >= 0.6 is 0 Å². The van der Waals surface area contributed by atoms with Gasteiger partial charge in [0, 0.05) is 45.5 Å². The van der Waals surface area contributed by atoms with Crippen molar-refractivity contribution in [3.8, 4) is 0 Å². The van der Waals surface area contributed by atoms with Crippen molar-refractivity contribution < 1.29 is 9.59 Å². The van der Waals surface area contributed by atoms with E-state index in [9.17, 15) is 9.59 Å². The highest BCUT2D eigenvalue weighted by Crippen LogP contribution is 2.60. The summed E-state index contributed by atoms with van der Waals surface area (Å²) in [5, 5.41) is 3.12. The molecule has 1 N–H and O–H groups in total. The Morgan fingerprint density at radius 2 is 1.69 bits per heavy atom. The number of anilines is 1. The second kappa shape index (κ2) is 9.38. The maximum Gasteiger partial charge on any atom is 0.243 e. The number of amides is 2. The molecule has 35 heavy (non-hydrogen) atoms. The van der Waals surface area contributed by atoms with E-state index in [2.05, 4.69) is 39.2 Å². The van der Waals surface area contributed by atoms with E-state index in [4.69, 9.17) is 0 Å². The zero-order chi connectivity index (χ0) is 24.0. The minimum Gasteiger partial charge on any atom is -0.354 e. The average molecular weight is 480 g/mol. The van der Waals surface area contributed by atoms with Gasteiger partial charge in [0.05, 0.1) is 5.41 Å². The summed E-state index contributed by atoms with van der Waals surface area (Å²) < 4.78 is 0. The Labute approximate surface area is 209 Å². The van der Waals surface area contributed by atoms with Crippen molar-refractivity contribution in [3.05, 3.63) is 23.9 Å². The molecular formula is C28H41N5O2. The van der Waals surface area contributed by atoms with Gasteiger partial charge in [-0.3, -0.25) is 9.59 Å². The first-order valence-electron chi connectivity index (χ1n) is 14.0. The standard InChI is InChI=1S/C28H41N5O2/c1-2-31-8-10-32(11-9-31)25-6-5-20(18-29-25)19-30-26(34)24-4-3-7-33(24)27(35)28-15-21-12-22(16-28)14-23(13-21)17-28/h5-6,18,21-24H,2-4,7-17,19H2,1H3,(H,30,34). The number of nitrogens with one attached hydrogen (secondary N) is 1. The molecule has 190 valence electrons. The lowest BCUT2D eigenvalue weighted by atomic mass is 9.49. The molecule has 7 heteroatoms. The van der Waals surface area contributed by atoms with Gasteiger partial charge in [0.1, 0.15) is 11.9 Å². The molecule has 7 rings (SSSR count). The lowest BCUT2D eigenvalue weighted by Crippen LogP contribution is -2.57. The Hall–Kier alpha value is -2.15. The van der Waals surface area contributed by atoms with Gasteiger partial charge in [-0.2, -0.15) is 0 Å². The number of piperazine rings is 1. The van der Waals surface area contributed by atoms with Gasteiger partial charge < -0.3 is 20.0 Å². The molecule has 0 radical (unpaired) electrons. The van der Waals surface area contributed by atoms with Crippen molar-refractivity contribution in [3.63, 3.8) is 0 Å². The molecular weight excluding hydrogens is 438 g/mol. The third-order valence-corrected chi connectivity index (χ3v) is 9.73. The summed E-state index contributed by atoms with van der Waals surface area (Å²) >= 11 is 0. The maximum atomic E-state index is 13.8. The monoisotopic (exact) mass is 479 g/mol. The zero-order valence-electron chi connectivity index (χ0n) is 21.3. The van der Waals surface area contributed by atoms with Gasteiger partial charge in [-0.05, 0) is 87.3 Å². The second-order valence-electron chi connectivity index (χ2n) is 12.0. The van der Waals surface area contributed by atoms with E-state index in [0.717, 1.165) is 101 Å². The minimum absolute atomic E-state index is 0.000317. The largest absolute Gasteiger partial charge is 0.354 e. The Morgan fingerprint density at radius 1 is 1.00 bits per heavy atom. The predicted octanol–water partition coefficient (Wildman–Crippen LogP) is 3.05. The van der Waals surface area contributed by atoms with Crippen LogP contribution in [0.3, 0.4) is 0 Å². The highest BCUT2D eigenvalue weighted by Gasteiger charge is 2.56. The van der Waals surface area contributed by atoms with Crippen molar-refractivity contribution >= 4 is 17.6 Å². The first kappa shape index (κ1) is 23.3. The molecule has 4 bridgehead atoms. The van der Waals surface area contributed by atoms with Crippen molar-refractivity contribution in [2.45, 2.75) is 70.9 Å². The molecule has 1 atom stereocenters. The first-order chi connectivity index (χ1) is 17.0. The molecule has 6 fully saturated rings. The van der Waals surface area contributed by atoms with Crippen molar-refractivity contribution in [2.24, 2.45) is 23.2 Å². The fourth-order valence-electron chi connectivity index (χ4n) is 8.27. The number of nitrogens with zero attached hydrogens (tertiary/aromatic N) is 4. The van der Waals surface area contributed by atoms with Crippen molar-refractivity contribution in [1.29, 1.82) is 0 Å². The van der Waals surface area contributed by atoms with E-state index < -0.39 is 0 Å². The smallest absolute Gasteiger partial charge is 0.243 e. The summed E-state index contributed by atoms with van der Waals surface area (Å²) in [4.78, 5) is 38.5. The summed E-state index contributed by atoms with van der Waals surface area (Å²) in [7, 11) is 0. The quantitative estimate of drug-likeness (QED) is 0.679. The van der Waals surface area contributed by atoms with E-state index in [1.54, 1.807) is 0 Å². The van der Waals surface area contributed by atoms with Crippen LogP contribution in [0.5, 0.6) is 0 Å². The van der Waals surface area contributed by atoms with Gasteiger partial charge in [0.2, 0.25) is 11.8 Å². The number of pyridine rings is 1. The van der Waals surface area contributed by atoms with E-state index in [1.807, 2.05) is 11.1 Å². The highest BCUT2D eigenvalue weighted by atomic mass is 16.2. The van der Waals surface area contributed by atoms with Gasteiger partial charge in [-0.25, -0.2) is 4.98 Å². The molecule has 0 spiro atoms. The summed E-state index contributed by atoms with van der Waals surface area (Å²) in [6, 6.07) is 3.83. The molecule has 2 amide bonds. The third-order valence-electron chi connectivity index (χ3n) is 9.73. The van der Waals surface area contributed by atoms with Crippen LogP contribution in [0, 0.1) is 23.2 Å². The normalized spacial score (nSPS) is 34.4. The number of hydrogen-bond donors (Lipinski definition) is 1. The molecule has 1 aromatic rings. The second-order valence-corrected chi connectivity index (χ2v) is 12.0. The topological polar surface area (TPSA) is 68.8 Å².